The Morgan fingerprint density at radius 2 is 2.17 bits per heavy atom. The van der Waals surface area contributed by atoms with E-state index in [9.17, 15) is 4.79 Å². The molecule has 1 aromatic carbocycles. The minimum atomic E-state index is -0.0185. The molecule has 1 amide bonds. The van der Waals surface area contributed by atoms with Crippen LogP contribution in [0.1, 0.15) is 22.5 Å². The van der Waals surface area contributed by atoms with E-state index in [4.69, 9.17) is 16.3 Å². The molecule has 1 atom stereocenters. The molecule has 1 aromatic heterocycles. The molecule has 2 heterocycles. The number of amides is 1. The van der Waals surface area contributed by atoms with Crippen molar-refractivity contribution in [3.63, 3.8) is 0 Å². The van der Waals surface area contributed by atoms with Crippen LogP contribution in [-0.2, 0) is 0 Å². The molecule has 2 aromatic rings. The topological polar surface area (TPSA) is 78.0 Å². The fourth-order valence-corrected chi connectivity index (χ4v) is 4.19. The number of hydrogen-bond donors (Lipinski definition) is 3. The molecule has 0 spiro atoms. The van der Waals surface area contributed by atoms with E-state index in [0.29, 0.717) is 11.6 Å². The van der Waals surface area contributed by atoms with Crippen molar-refractivity contribution in [2.75, 3.05) is 45.2 Å². The lowest BCUT2D eigenvalue weighted by molar-refractivity contribution is 0.0957. The van der Waals surface area contributed by atoms with E-state index >= 15 is 0 Å². The average Bonchev–Trinajstić information content (AvgIpc) is 3.45. The third-order valence-electron chi connectivity index (χ3n) is 4.91. The number of nitrogens with one attached hydrogen (secondary N) is 3. The summed E-state index contributed by atoms with van der Waals surface area (Å²) in [5.41, 5.74) is 1.01. The summed E-state index contributed by atoms with van der Waals surface area (Å²) in [4.78, 5) is 19.3. The van der Waals surface area contributed by atoms with Gasteiger partial charge in [0.05, 0.1) is 17.7 Å². The van der Waals surface area contributed by atoms with Gasteiger partial charge in [0, 0.05) is 44.3 Å². The summed E-state index contributed by atoms with van der Waals surface area (Å²) in [5, 5.41) is 12.3. The van der Waals surface area contributed by atoms with Crippen molar-refractivity contribution >= 4 is 40.5 Å². The van der Waals surface area contributed by atoms with Gasteiger partial charge in [0.1, 0.15) is 5.75 Å². The predicted molar refractivity (Wildman–Crippen MR) is 124 cm³/mol. The van der Waals surface area contributed by atoms with Gasteiger partial charge in [0.25, 0.3) is 5.91 Å². The SMILES string of the molecule is CN=C(NCCCNC(=O)c1cccs1)NC1CCN(c2cc(Cl)ccc2OC)C1. The first-order chi connectivity index (χ1) is 14.6. The maximum Gasteiger partial charge on any atom is 0.261 e. The molecule has 3 N–H and O–H groups in total. The van der Waals surface area contributed by atoms with Gasteiger partial charge in [-0.05, 0) is 42.5 Å². The van der Waals surface area contributed by atoms with Gasteiger partial charge in [-0.2, -0.15) is 0 Å². The van der Waals surface area contributed by atoms with Crippen LogP contribution in [0.3, 0.4) is 0 Å². The zero-order valence-electron chi connectivity index (χ0n) is 17.3. The molecule has 1 saturated heterocycles. The minimum Gasteiger partial charge on any atom is -0.495 e. The standard InChI is InChI=1S/C21H28ClN5O2S/c1-23-21(25-10-4-9-24-20(28)19-5-3-12-30-19)26-16-8-11-27(14-16)17-13-15(22)6-7-18(17)29-2/h3,5-7,12-13,16H,4,8-11,14H2,1-2H3,(H,24,28)(H2,23,25,26). The van der Waals surface area contributed by atoms with Gasteiger partial charge >= 0.3 is 0 Å². The van der Waals surface area contributed by atoms with Crippen LogP contribution in [0.5, 0.6) is 5.75 Å². The van der Waals surface area contributed by atoms with Crippen molar-refractivity contribution < 1.29 is 9.53 Å². The van der Waals surface area contributed by atoms with Crippen molar-refractivity contribution in [2.45, 2.75) is 18.9 Å². The maximum absolute atomic E-state index is 11.9. The van der Waals surface area contributed by atoms with Crippen molar-refractivity contribution in [3.05, 3.63) is 45.6 Å². The summed E-state index contributed by atoms with van der Waals surface area (Å²) in [6.45, 7) is 3.10. The molecule has 7 nitrogen and oxygen atoms in total. The third kappa shape index (κ3) is 6.03. The molecule has 0 radical (unpaired) electrons. The zero-order chi connectivity index (χ0) is 21.3. The highest BCUT2D eigenvalue weighted by Gasteiger charge is 2.25. The van der Waals surface area contributed by atoms with Gasteiger partial charge < -0.3 is 25.6 Å². The molecule has 0 saturated carbocycles. The summed E-state index contributed by atoms with van der Waals surface area (Å²) < 4.78 is 5.48. The molecular weight excluding hydrogens is 422 g/mol. The minimum absolute atomic E-state index is 0.0185. The quantitative estimate of drug-likeness (QED) is 0.328. The number of rotatable bonds is 8. The Hall–Kier alpha value is -2.45. The molecule has 1 fully saturated rings. The van der Waals surface area contributed by atoms with Crippen LogP contribution in [-0.4, -0.2) is 58.2 Å². The fraction of sp³-hybridized carbons (Fsp3) is 0.429. The number of benzene rings is 1. The number of guanidine groups is 1. The second-order valence-corrected chi connectivity index (χ2v) is 8.36. The molecule has 162 valence electrons. The molecule has 0 aliphatic carbocycles. The van der Waals surface area contributed by atoms with Crippen LogP contribution < -0.4 is 25.6 Å². The van der Waals surface area contributed by atoms with E-state index in [1.165, 1.54) is 11.3 Å². The van der Waals surface area contributed by atoms with E-state index in [2.05, 4.69) is 25.8 Å². The van der Waals surface area contributed by atoms with Crippen molar-refractivity contribution in [1.82, 2.24) is 16.0 Å². The van der Waals surface area contributed by atoms with Crippen LogP contribution in [0.15, 0.2) is 40.7 Å². The predicted octanol–water partition coefficient (Wildman–Crippen LogP) is 2.97. The molecule has 1 aliphatic heterocycles. The first-order valence-electron chi connectivity index (χ1n) is 9.98. The van der Waals surface area contributed by atoms with Gasteiger partial charge in [-0.15, -0.1) is 11.3 Å². The lowest BCUT2D eigenvalue weighted by atomic mass is 10.2. The van der Waals surface area contributed by atoms with Crippen molar-refractivity contribution in [2.24, 2.45) is 4.99 Å². The Labute approximate surface area is 186 Å². The first kappa shape index (κ1) is 22.2. The largest absolute Gasteiger partial charge is 0.495 e. The van der Waals surface area contributed by atoms with Gasteiger partial charge in [-0.1, -0.05) is 17.7 Å². The summed E-state index contributed by atoms with van der Waals surface area (Å²) >= 11 is 7.62. The second-order valence-electron chi connectivity index (χ2n) is 6.98. The fourth-order valence-electron chi connectivity index (χ4n) is 3.39. The molecule has 3 rings (SSSR count). The Kier molecular flexibility index (Phi) is 8.21. The molecule has 0 bridgehead atoms. The second kappa shape index (κ2) is 11.1. The number of carbonyl (C=O) groups excluding carboxylic acids is 1. The van der Waals surface area contributed by atoms with E-state index in [1.807, 2.05) is 35.7 Å². The van der Waals surface area contributed by atoms with Gasteiger partial charge in [0.2, 0.25) is 0 Å². The van der Waals surface area contributed by atoms with E-state index in [0.717, 1.165) is 54.7 Å². The lowest BCUT2D eigenvalue weighted by Crippen LogP contribution is -2.45. The van der Waals surface area contributed by atoms with E-state index < -0.39 is 0 Å². The van der Waals surface area contributed by atoms with Crippen LogP contribution in [0, 0.1) is 0 Å². The Morgan fingerprint density at radius 3 is 2.90 bits per heavy atom. The molecule has 30 heavy (non-hydrogen) atoms. The summed E-state index contributed by atoms with van der Waals surface area (Å²) in [7, 11) is 3.44. The lowest BCUT2D eigenvalue weighted by Gasteiger charge is -2.22. The molecule has 1 unspecified atom stereocenters. The summed E-state index contributed by atoms with van der Waals surface area (Å²) in [5.74, 6) is 1.58. The highest BCUT2D eigenvalue weighted by Crippen LogP contribution is 2.33. The number of nitrogens with zero attached hydrogens (tertiary/aromatic N) is 2. The number of hydrogen-bond acceptors (Lipinski definition) is 5. The number of carbonyl (C=O) groups is 1. The van der Waals surface area contributed by atoms with Crippen molar-refractivity contribution in [1.29, 1.82) is 0 Å². The van der Waals surface area contributed by atoms with Gasteiger partial charge in [0.15, 0.2) is 5.96 Å². The number of aliphatic imine (C=N–C) groups is 1. The van der Waals surface area contributed by atoms with Crippen LogP contribution in [0.4, 0.5) is 5.69 Å². The average molecular weight is 450 g/mol. The summed E-state index contributed by atoms with van der Waals surface area (Å²) in [6, 6.07) is 9.66. The maximum atomic E-state index is 11.9. The van der Waals surface area contributed by atoms with Gasteiger partial charge in [-0.3, -0.25) is 9.79 Å². The number of methoxy groups -OCH3 is 1. The summed E-state index contributed by atoms with van der Waals surface area (Å²) in [6.07, 6.45) is 1.81. The highest BCUT2D eigenvalue weighted by molar-refractivity contribution is 7.12. The normalized spacial score (nSPS) is 16.4. The Bertz CT molecular complexity index is 859. The zero-order valence-corrected chi connectivity index (χ0v) is 18.9. The number of thiophene rings is 1. The number of halogens is 1. The van der Waals surface area contributed by atoms with E-state index in [-0.39, 0.29) is 11.9 Å². The van der Waals surface area contributed by atoms with Crippen molar-refractivity contribution in [3.8, 4) is 5.75 Å². The number of anilines is 1. The molecule has 1 aliphatic rings. The molecule has 9 heteroatoms. The Morgan fingerprint density at radius 1 is 1.33 bits per heavy atom. The van der Waals surface area contributed by atoms with Crippen LogP contribution >= 0.6 is 22.9 Å². The van der Waals surface area contributed by atoms with Crippen LogP contribution in [0.25, 0.3) is 0 Å². The van der Waals surface area contributed by atoms with E-state index in [1.54, 1.807) is 14.2 Å². The monoisotopic (exact) mass is 449 g/mol. The molecular formula is C21H28ClN5O2S. The smallest absolute Gasteiger partial charge is 0.261 e. The first-order valence-corrected chi connectivity index (χ1v) is 11.2. The van der Waals surface area contributed by atoms with Gasteiger partial charge in [-0.25, -0.2) is 0 Å². The number of ether oxygens (including phenoxy) is 1. The third-order valence-corrected chi connectivity index (χ3v) is 6.01. The van der Waals surface area contributed by atoms with Crippen LogP contribution in [0.2, 0.25) is 5.02 Å². The highest BCUT2D eigenvalue weighted by atomic mass is 35.5. The Balaban J connectivity index is 1.40.